The van der Waals surface area contributed by atoms with Gasteiger partial charge in [-0.2, -0.15) is 0 Å². The molecule has 0 radical (unpaired) electrons. The molecule has 1 aromatic rings. The Morgan fingerprint density at radius 3 is 2.47 bits per heavy atom. The molecule has 3 heteroatoms. The number of anilines is 1. The number of hydrogen-bond donors (Lipinski definition) is 0. The Labute approximate surface area is 109 Å². The molecule has 1 heterocycles. The van der Waals surface area contributed by atoms with Crippen molar-refractivity contribution in [3.63, 3.8) is 0 Å². The van der Waals surface area contributed by atoms with E-state index >= 15 is 0 Å². The van der Waals surface area contributed by atoms with Crippen LogP contribution in [-0.4, -0.2) is 38.1 Å². The molecule has 94 valence electrons. The molecule has 0 spiro atoms. The number of piperidine rings is 1. The smallest absolute Gasteiger partial charge is 0.0407 e. The first-order valence-corrected chi connectivity index (χ1v) is 6.62. The number of hydrogen-bond acceptors (Lipinski definition) is 2. The normalized spacial score (nSPS) is 25.4. The molecule has 0 aromatic heterocycles. The van der Waals surface area contributed by atoms with E-state index in [4.69, 9.17) is 11.6 Å². The second-order valence-electron chi connectivity index (χ2n) is 5.22. The van der Waals surface area contributed by atoms with Crippen molar-refractivity contribution < 1.29 is 0 Å². The van der Waals surface area contributed by atoms with Gasteiger partial charge in [-0.3, -0.25) is 0 Å². The number of benzene rings is 1. The molecule has 0 amide bonds. The van der Waals surface area contributed by atoms with Gasteiger partial charge in [0.15, 0.2) is 0 Å². The lowest BCUT2D eigenvalue weighted by molar-refractivity contribution is 0.195. The van der Waals surface area contributed by atoms with Crippen LogP contribution in [0.25, 0.3) is 0 Å². The van der Waals surface area contributed by atoms with Crippen LogP contribution >= 0.6 is 11.6 Å². The summed E-state index contributed by atoms with van der Waals surface area (Å²) in [5, 5.41) is 0.809. The molecule has 2 nitrogen and oxygen atoms in total. The molecular formula is C14H21ClN2. The van der Waals surface area contributed by atoms with Gasteiger partial charge in [-0.1, -0.05) is 18.5 Å². The predicted octanol–water partition coefficient (Wildman–Crippen LogP) is 3.12. The topological polar surface area (TPSA) is 6.48 Å². The van der Waals surface area contributed by atoms with Gasteiger partial charge in [0.1, 0.15) is 0 Å². The largest absolute Gasteiger partial charge is 0.370 e. The third-order valence-electron chi connectivity index (χ3n) is 3.77. The van der Waals surface area contributed by atoms with E-state index in [0.717, 1.165) is 24.0 Å². The van der Waals surface area contributed by atoms with Crippen LogP contribution in [0.1, 0.15) is 13.3 Å². The fourth-order valence-corrected chi connectivity index (χ4v) is 2.73. The Morgan fingerprint density at radius 1 is 1.24 bits per heavy atom. The maximum Gasteiger partial charge on any atom is 0.0407 e. The lowest BCUT2D eigenvalue weighted by Gasteiger charge is -2.41. The van der Waals surface area contributed by atoms with Gasteiger partial charge in [0.25, 0.3) is 0 Å². The van der Waals surface area contributed by atoms with Crippen LogP contribution in [0.15, 0.2) is 24.3 Å². The van der Waals surface area contributed by atoms with Crippen molar-refractivity contribution in [2.45, 2.75) is 19.4 Å². The van der Waals surface area contributed by atoms with Gasteiger partial charge in [-0.05, 0) is 50.7 Å². The lowest BCUT2D eigenvalue weighted by Crippen LogP contribution is -2.49. The van der Waals surface area contributed by atoms with Gasteiger partial charge in [-0.15, -0.1) is 0 Å². The first-order valence-electron chi connectivity index (χ1n) is 6.25. The van der Waals surface area contributed by atoms with Crippen molar-refractivity contribution in [1.82, 2.24) is 4.90 Å². The molecule has 2 atom stereocenters. The monoisotopic (exact) mass is 252 g/mol. The second kappa shape index (κ2) is 5.28. The molecule has 0 aliphatic carbocycles. The molecule has 2 rings (SSSR count). The summed E-state index contributed by atoms with van der Waals surface area (Å²) in [6.45, 7) is 4.60. The van der Waals surface area contributed by atoms with E-state index in [2.05, 4.69) is 43.0 Å². The molecule has 17 heavy (non-hydrogen) atoms. The van der Waals surface area contributed by atoms with Gasteiger partial charge in [0.05, 0.1) is 0 Å². The van der Waals surface area contributed by atoms with E-state index in [1.807, 2.05) is 12.1 Å². The van der Waals surface area contributed by atoms with Gasteiger partial charge < -0.3 is 9.80 Å². The van der Waals surface area contributed by atoms with E-state index in [1.54, 1.807) is 0 Å². The number of rotatable bonds is 2. The molecular weight excluding hydrogens is 232 g/mol. The summed E-state index contributed by atoms with van der Waals surface area (Å²) in [6.07, 6.45) is 1.26. The average molecular weight is 253 g/mol. The maximum atomic E-state index is 5.93. The number of halogens is 1. The summed E-state index contributed by atoms with van der Waals surface area (Å²) in [7, 11) is 4.35. The first kappa shape index (κ1) is 12.7. The SMILES string of the molecule is C[C@@H]1CCN(c2ccc(Cl)cc2)C[C@@H]1N(C)C. The zero-order chi connectivity index (χ0) is 12.4. The second-order valence-corrected chi connectivity index (χ2v) is 5.66. The minimum Gasteiger partial charge on any atom is -0.370 e. The Morgan fingerprint density at radius 2 is 1.88 bits per heavy atom. The predicted molar refractivity (Wildman–Crippen MR) is 74.9 cm³/mol. The van der Waals surface area contributed by atoms with Crippen molar-refractivity contribution in [2.75, 3.05) is 32.1 Å². The molecule has 0 unspecified atom stereocenters. The Balaban J connectivity index is 2.10. The standard InChI is InChI=1S/C14H21ClN2/c1-11-8-9-17(10-14(11)16(2)3)13-6-4-12(15)5-7-13/h4-7,11,14H,8-10H2,1-3H3/t11-,14+/m1/s1. The van der Waals surface area contributed by atoms with E-state index in [1.165, 1.54) is 12.1 Å². The van der Waals surface area contributed by atoms with Crippen molar-refractivity contribution in [2.24, 2.45) is 5.92 Å². The van der Waals surface area contributed by atoms with Gasteiger partial charge >= 0.3 is 0 Å². The minimum absolute atomic E-state index is 0.638. The highest BCUT2D eigenvalue weighted by Crippen LogP contribution is 2.26. The van der Waals surface area contributed by atoms with Crippen LogP contribution in [0.4, 0.5) is 5.69 Å². The van der Waals surface area contributed by atoms with E-state index < -0.39 is 0 Å². The van der Waals surface area contributed by atoms with Crippen LogP contribution < -0.4 is 4.90 Å². The summed E-state index contributed by atoms with van der Waals surface area (Å²) in [5.41, 5.74) is 1.29. The van der Waals surface area contributed by atoms with Gasteiger partial charge in [0.2, 0.25) is 0 Å². The fraction of sp³-hybridized carbons (Fsp3) is 0.571. The van der Waals surface area contributed by atoms with Gasteiger partial charge in [0, 0.05) is 29.8 Å². The highest BCUT2D eigenvalue weighted by atomic mass is 35.5. The van der Waals surface area contributed by atoms with Crippen molar-refractivity contribution in [1.29, 1.82) is 0 Å². The quantitative estimate of drug-likeness (QED) is 0.798. The third-order valence-corrected chi connectivity index (χ3v) is 4.03. The molecule has 0 bridgehead atoms. The van der Waals surface area contributed by atoms with Crippen molar-refractivity contribution in [3.8, 4) is 0 Å². The van der Waals surface area contributed by atoms with E-state index in [9.17, 15) is 0 Å². The lowest BCUT2D eigenvalue weighted by atomic mass is 9.92. The zero-order valence-corrected chi connectivity index (χ0v) is 11.6. The maximum absolute atomic E-state index is 5.93. The Hall–Kier alpha value is -0.730. The average Bonchev–Trinajstić information content (AvgIpc) is 2.30. The third kappa shape index (κ3) is 2.93. The van der Waals surface area contributed by atoms with Crippen molar-refractivity contribution in [3.05, 3.63) is 29.3 Å². The molecule has 0 N–H and O–H groups in total. The molecule has 0 saturated carbocycles. The zero-order valence-electron chi connectivity index (χ0n) is 10.9. The Bertz CT molecular complexity index is 361. The highest BCUT2D eigenvalue weighted by molar-refractivity contribution is 6.30. The summed E-state index contributed by atoms with van der Waals surface area (Å²) in [4.78, 5) is 4.80. The number of nitrogens with zero attached hydrogens (tertiary/aromatic N) is 2. The fourth-order valence-electron chi connectivity index (χ4n) is 2.61. The molecule has 1 saturated heterocycles. The van der Waals surface area contributed by atoms with E-state index in [0.29, 0.717) is 6.04 Å². The van der Waals surface area contributed by atoms with Crippen molar-refractivity contribution >= 4 is 17.3 Å². The summed E-state index contributed by atoms with van der Waals surface area (Å²) in [5.74, 6) is 0.772. The molecule has 1 aromatic carbocycles. The summed E-state index contributed by atoms with van der Waals surface area (Å²) < 4.78 is 0. The number of likely N-dealkylation sites (N-methyl/N-ethyl adjacent to an activating group) is 1. The van der Waals surface area contributed by atoms with E-state index in [-0.39, 0.29) is 0 Å². The van der Waals surface area contributed by atoms with Crippen LogP contribution in [0.5, 0.6) is 0 Å². The van der Waals surface area contributed by atoms with Crippen LogP contribution in [0, 0.1) is 5.92 Å². The van der Waals surface area contributed by atoms with Crippen LogP contribution in [0.2, 0.25) is 5.02 Å². The Kier molecular flexibility index (Phi) is 3.95. The minimum atomic E-state index is 0.638. The van der Waals surface area contributed by atoms with Gasteiger partial charge in [-0.25, -0.2) is 0 Å². The van der Waals surface area contributed by atoms with Crippen LogP contribution in [-0.2, 0) is 0 Å². The summed E-state index contributed by atoms with van der Waals surface area (Å²) in [6, 6.07) is 8.81. The first-order chi connectivity index (χ1) is 8.08. The molecule has 1 aliphatic rings. The molecule has 1 fully saturated rings. The molecule has 1 aliphatic heterocycles. The van der Waals surface area contributed by atoms with Crippen LogP contribution in [0.3, 0.4) is 0 Å². The highest BCUT2D eigenvalue weighted by Gasteiger charge is 2.27. The summed E-state index contributed by atoms with van der Waals surface area (Å²) >= 11 is 5.93.